The van der Waals surface area contributed by atoms with E-state index >= 15 is 0 Å². The summed E-state index contributed by atoms with van der Waals surface area (Å²) < 4.78 is 8.30. The summed E-state index contributed by atoms with van der Waals surface area (Å²) in [7, 11) is 0. The zero-order valence-electron chi connectivity index (χ0n) is 10.7. The zero-order valence-corrected chi connectivity index (χ0v) is 12.3. The van der Waals surface area contributed by atoms with Crippen molar-refractivity contribution in [3.8, 4) is 0 Å². The quantitative estimate of drug-likeness (QED) is 0.719. The molecule has 9 heteroatoms. The first kappa shape index (κ1) is 13.7. The molecule has 0 saturated carbocycles. The van der Waals surface area contributed by atoms with Crippen LogP contribution in [0.5, 0.6) is 0 Å². The first-order chi connectivity index (χ1) is 10.2. The molecule has 0 fully saturated rings. The molecule has 1 amide bonds. The zero-order chi connectivity index (χ0) is 14.7. The molecule has 3 N–H and O–H groups in total. The molecule has 2 aromatic rings. The molecule has 106 valence electrons. The number of fused-ring (bicyclic) bond motifs is 1. The SMILES string of the molecule is Nc1nccnc1SCC(=O)Nc1cccc2c1N=S=N2. The highest BCUT2D eigenvalue weighted by Gasteiger charge is 2.13. The number of nitrogens with one attached hydrogen (secondary N) is 1. The van der Waals surface area contributed by atoms with E-state index in [9.17, 15) is 4.79 Å². The van der Waals surface area contributed by atoms with Gasteiger partial charge < -0.3 is 11.1 Å². The van der Waals surface area contributed by atoms with Crippen molar-refractivity contribution in [3.05, 3.63) is 30.6 Å². The largest absolute Gasteiger partial charge is 0.381 e. The van der Waals surface area contributed by atoms with Crippen LogP contribution in [0.25, 0.3) is 0 Å². The number of carbonyl (C=O) groups excluding carboxylic acids is 1. The minimum absolute atomic E-state index is 0.162. The van der Waals surface area contributed by atoms with Gasteiger partial charge in [0.25, 0.3) is 0 Å². The van der Waals surface area contributed by atoms with Crippen molar-refractivity contribution >= 4 is 51.9 Å². The molecule has 1 aliphatic rings. The van der Waals surface area contributed by atoms with Crippen LogP contribution in [-0.2, 0) is 16.1 Å². The summed E-state index contributed by atoms with van der Waals surface area (Å²) in [6.07, 6.45) is 3.05. The van der Waals surface area contributed by atoms with Crippen molar-refractivity contribution in [1.82, 2.24) is 9.97 Å². The van der Waals surface area contributed by atoms with Gasteiger partial charge in [0.05, 0.1) is 22.8 Å². The number of aromatic nitrogens is 2. The van der Waals surface area contributed by atoms with Crippen molar-refractivity contribution < 1.29 is 4.79 Å². The van der Waals surface area contributed by atoms with Gasteiger partial charge in [0.15, 0.2) is 5.82 Å². The van der Waals surface area contributed by atoms with Crippen LogP contribution in [0.3, 0.4) is 0 Å². The third-order valence-electron chi connectivity index (χ3n) is 2.59. The topological polar surface area (TPSA) is 106 Å². The van der Waals surface area contributed by atoms with Crippen LogP contribution in [0.15, 0.2) is 44.3 Å². The van der Waals surface area contributed by atoms with E-state index < -0.39 is 0 Å². The van der Waals surface area contributed by atoms with E-state index in [1.54, 1.807) is 6.07 Å². The number of hydrogen-bond donors (Lipinski definition) is 2. The Balaban J connectivity index is 1.64. The molecule has 1 aromatic carbocycles. The predicted octanol–water partition coefficient (Wildman–Crippen LogP) is 2.52. The van der Waals surface area contributed by atoms with Crippen molar-refractivity contribution in [2.45, 2.75) is 5.03 Å². The highest BCUT2D eigenvalue weighted by molar-refractivity contribution is 8.00. The molecule has 0 bridgehead atoms. The van der Waals surface area contributed by atoms with E-state index in [0.29, 0.717) is 22.2 Å². The van der Waals surface area contributed by atoms with Crippen molar-refractivity contribution in [1.29, 1.82) is 0 Å². The maximum absolute atomic E-state index is 12.0. The Bertz CT molecular complexity index is 772. The Kier molecular flexibility index (Phi) is 3.93. The molecular weight excluding hydrogens is 308 g/mol. The number of nitrogens with zero attached hydrogens (tertiary/aromatic N) is 4. The third-order valence-corrected chi connectivity index (χ3v) is 4.13. The molecule has 1 aliphatic heterocycles. The first-order valence-electron chi connectivity index (χ1n) is 5.94. The van der Waals surface area contributed by atoms with Gasteiger partial charge in [0.1, 0.15) is 16.4 Å². The molecule has 0 aliphatic carbocycles. The molecule has 0 unspecified atom stereocenters. The number of hydrogen-bond acceptors (Lipinski definition) is 7. The van der Waals surface area contributed by atoms with Crippen LogP contribution >= 0.6 is 11.8 Å². The maximum atomic E-state index is 12.0. The van der Waals surface area contributed by atoms with Gasteiger partial charge in [-0.3, -0.25) is 4.79 Å². The van der Waals surface area contributed by atoms with Gasteiger partial charge in [-0.25, -0.2) is 9.97 Å². The number of thioether (sulfide) groups is 1. The average Bonchev–Trinajstić information content (AvgIpc) is 2.96. The lowest BCUT2D eigenvalue weighted by molar-refractivity contribution is -0.113. The van der Waals surface area contributed by atoms with E-state index in [1.807, 2.05) is 12.1 Å². The molecule has 0 saturated heterocycles. The van der Waals surface area contributed by atoms with Gasteiger partial charge in [-0.1, -0.05) is 17.8 Å². The summed E-state index contributed by atoms with van der Waals surface area (Å²) >= 11 is 2.35. The lowest BCUT2D eigenvalue weighted by atomic mass is 10.2. The van der Waals surface area contributed by atoms with Crippen molar-refractivity contribution in [2.24, 2.45) is 8.73 Å². The van der Waals surface area contributed by atoms with Crippen LogP contribution in [0.2, 0.25) is 0 Å². The summed E-state index contributed by atoms with van der Waals surface area (Å²) in [4.78, 5) is 20.0. The van der Waals surface area contributed by atoms with Crippen LogP contribution in [0.1, 0.15) is 0 Å². The number of rotatable bonds is 4. The van der Waals surface area contributed by atoms with E-state index in [-0.39, 0.29) is 11.7 Å². The number of nitrogens with two attached hydrogens (primary N) is 1. The van der Waals surface area contributed by atoms with Crippen LogP contribution < -0.4 is 11.1 Å². The summed E-state index contributed by atoms with van der Waals surface area (Å²) in [5.41, 5.74) is 7.79. The summed E-state index contributed by atoms with van der Waals surface area (Å²) in [6, 6.07) is 5.47. The molecule has 2 heterocycles. The van der Waals surface area contributed by atoms with Gasteiger partial charge in [-0.2, -0.15) is 8.73 Å². The second-order valence-corrected chi connectivity index (χ2v) is 5.51. The highest BCUT2D eigenvalue weighted by Crippen LogP contribution is 2.38. The van der Waals surface area contributed by atoms with Gasteiger partial charge >= 0.3 is 0 Å². The van der Waals surface area contributed by atoms with Gasteiger partial charge in [0, 0.05) is 12.4 Å². The summed E-state index contributed by atoms with van der Waals surface area (Å²) in [5.74, 6) is 0.350. The molecule has 7 nitrogen and oxygen atoms in total. The smallest absolute Gasteiger partial charge is 0.234 e. The number of amides is 1. The van der Waals surface area contributed by atoms with Gasteiger partial charge in [-0.15, -0.1) is 0 Å². The molecule has 0 radical (unpaired) electrons. The Hall–Kier alpha value is -2.26. The lowest BCUT2D eigenvalue weighted by Gasteiger charge is -2.07. The minimum Gasteiger partial charge on any atom is -0.381 e. The van der Waals surface area contributed by atoms with Crippen LogP contribution in [-0.4, -0.2) is 21.6 Å². The third kappa shape index (κ3) is 3.09. The first-order valence-corrected chi connectivity index (χ1v) is 7.66. The van der Waals surface area contributed by atoms with E-state index in [4.69, 9.17) is 5.73 Å². The molecule has 21 heavy (non-hydrogen) atoms. The Labute approximate surface area is 128 Å². The lowest BCUT2D eigenvalue weighted by Crippen LogP contribution is -2.14. The Morgan fingerprint density at radius 2 is 2.14 bits per heavy atom. The van der Waals surface area contributed by atoms with Crippen LogP contribution in [0.4, 0.5) is 22.9 Å². The van der Waals surface area contributed by atoms with Crippen LogP contribution in [0, 0.1) is 0 Å². The van der Waals surface area contributed by atoms with E-state index in [1.165, 1.54) is 24.2 Å². The average molecular weight is 318 g/mol. The van der Waals surface area contributed by atoms with Gasteiger partial charge in [-0.05, 0) is 12.1 Å². The van der Waals surface area contributed by atoms with E-state index in [0.717, 1.165) is 17.0 Å². The Morgan fingerprint density at radius 3 is 3.00 bits per heavy atom. The van der Waals surface area contributed by atoms with Gasteiger partial charge in [0.2, 0.25) is 5.91 Å². The van der Waals surface area contributed by atoms with Crippen molar-refractivity contribution in [2.75, 3.05) is 16.8 Å². The fourth-order valence-corrected chi connectivity index (χ4v) is 2.90. The fraction of sp³-hybridized carbons (Fsp3) is 0.0833. The highest BCUT2D eigenvalue weighted by atomic mass is 32.2. The number of benzene rings is 1. The molecular formula is C12H10N6OS2. The molecule has 1 aromatic heterocycles. The van der Waals surface area contributed by atoms with E-state index in [2.05, 4.69) is 24.0 Å². The normalized spacial score (nSPS) is 11.8. The summed E-state index contributed by atoms with van der Waals surface area (Å²) in [6.45, 7) is 0. The second kappa shape index (κ2) is 6.02. The summed E-state index contributed by atoms with van der Waals surface area (Å²) in [5, 5.41) is 3.36. The predicted molar refractivity (Wildman–Crippen MR) is 83.8 cm³/mol. The fourth-order valence-electron chi connectivity index (χ4n) is 1.67. The second-order valence-electron chi connectivity index (χ2n) is 4.02. The Morgan fingerprint density at radius 1 is 1.29 bits per heavy atom. The molecule has 3 rings (SSSR count). The van der Waals surface area contributed by atoms with Crippen molar-refractivity contribution in [3.63, 3.8) is 0 Å². The molecule has 0 spiro atoms. The monoisotopic (exact) mass is 318 g/mol. The number of carbonyl (C=O) groups is 1. The number of nitrogen functional groups attached to an aromatic ring is 1. The minimum atomic E-state index is -0.162. The number of anilines is 2. The molecule has 0 atom stereocenters. The standard InChI is InChI=1S/C12H10N6OS2/c13-11-12(15-5-4-14-11)20-6-9(19)16-7-2-1-3-8-10(7)18-21-17-8/h1-5H,6H2,(H2,13,14)(H,16,19). The maximum Gasteiger partial charge on any atom is 0.234 e.